The summed E-state index contributed by atoms with van der Waals surface area (Å²) in [5, 5.41) is 10.5. The Kier molecular flexibility index (Phi) is 4.15. The molecule has 0 aliphatic carbocycles. The van der Waals surface area contributed by atoms with Gasteiger partial charge in [0.15, 0.2) is 11.0 Å². The van der Waals surface area contributed by atoms with E-state index in [9.17, 15) is 0 Å². The molecule has 4 nitrogen and oxygen atoms in total. The molecular weight excluding hydrogens is 327 g/mol. The van der Waals surface area contributed by atoms with E-state index in [-0.39, 0.29) is 10.4 Å². The number of anilines is 1. The Labute approximate surface area is 117 Å². The maximum Gasteiger partial charge on any atom is 0.245 e. The van der Waals surface area contributed by atoms with Crippen molar-refractivity contribution in [3.63, 3.8) is 0 Å². The number of halogens is 3. The quantitative estimate of drug-likeness (QED) is 0.933. The Morgan fingerprint density at radius 2 is 1.94 bits per heavy atom. The molecule has 1 aromatic carbocycles. The molecule has 0 aliphatic heterocycles. The molecule has 17 heavy (non-hydrogen) atoms. The minimum absolute atomic E-state index is 0.0593. The minimum Gasteiger partial charge on any atom is -0.363 e. The van der Waals surface area contributed by atoms with Gasteiger partial charge in [0.2, 0.25) is 5.28 Å². The number of benzene rings is 1. The lowest BCUT2D eigenvalue weighted by Gasteiger charge is -2.07. The van der Waals surface area contributed by atoms with Gasteiger partial charge in [-0.3, -0.25) is 0 Å². The van der Waals surface area contributed by atoms with E-state index in [0.717, 1.165) is 10.0 Å². The number of nitrogens with zero attached hydrogens (tertiary/aromatic N) is 3. The van der Waals surface area contributed by atoms with Gasteiger partial charge in [0.05, 0.1) is 0 Å². The van der Waals surface area contributed by atoms with Gasteiger partial charge in [-0.05, 0) is 23.2 Å². The van der Waals surface area contributed by atoms with Crippen LogP contribution >= 0.6 is 39.1 Å². The van der Waals surface area contributed by atoms with Crippen molar-refractivity contribution in [3.8, 4) is 0 Å². The van der Waals surface area contributed by atoms with Crippen molar-refractivity contribution < 1.29 is 0 Å². The molecule has 0 fully saturated rings. The minimum atomic E-state index is 0.0593. The zero-order valence-corrected chi connectivity index (χ0v) is 11.6. The van der Waals surface area contributed by atoms with Crippen LogP contribution < -0.4 is 5.32 Å². The van der Waals surface area contributed by atoms with Crippen LogP contribution in [0.2, 0.25) is 10.4 Å². The number of hydrogen-bond donors (Lipinski definition) is 1. The average Bonchev–Trinajstić information content (AvgIpc) is 2.32. The molecule has 0 unspecified atom stereocenters. The van der Waals surface area contributed by atoms with E-state index in [1.54, 1.807) is 0 Å². The van der Waals surface area contributed by atoms with Crippen molar-refractivity contribution in [2.24, 2.45) is 0 Å². The standard InChI is InChI=1S/C10H7BrCl2N4/c11-7-4-2-1-3-6(7)5-14-9-8(12)16-17-10(13)15-9/h1-4H,5H2,(H,14,15,17). The predicted molar refractivity (Wildman–Crippen MR) is 71.3 cm³/mol. The molecule has 1 aromatic heterocycles. The zero-order valence-electron chi connectivity index (χ0n) is 8.49. The van der Waals surface area contributed by atoms with Crippen LogP contribution in [-0.4, -0.2) is 15.2 Å². The fraction of sp³-hybridized carbons (Fsp3) is 0.100. The Morgan fingerprint density at radius 1 is 1.18 bits per heavy atom. The SMILES string of the molecule is Clc1nnc(Cl)c(NCc2ccccc2Br)n1. The first-order chi connectivity index (χ1) is 8.16. The van der Waals surface area contributed by atoms with Gasteiger partial charge in [-0.25, -0.2) is 0 Å². The maximum absolute atomic E-state index is 5.83. The Balaban J connectivity index is 2.12. The summed E-state index contributed by atoms with van der Waals surface area (Å²) >= 11 is 14.9. The lowest BCUT2D eigenvalue weighted by Crippen LogP contribution is -2.04. The van der Waals surface area contributed by atoms with Crippen molar-refractivity contribution in [1.29, 1.82) is 0 Å². The molecule has 2 aromatic rings. The summed E-state index contributed by atoms with van der Waals surface area (Å²) < 4.78 is 1.01. The van der Waals surface area contributed by atoms with Crippen molar-refractivity contribution in [3.05, 3.63) is 44.7 Å². The van der Waals surface area contributed by atoms with Gasteiger partial charge in [-0.1, -0.05) is 45.7 Å². The number of rotatable bonds is 3. The van der Waals surface area contributed by atoms with Gasteiger partial charge in [-0.15, -0.1) is 10.2 Å². The van der Waals surface area contributed by atoms with E-state index in [1.807, 2.05) is 24.3 Å². The fourth-order valence-corrected chi connectivity index (χ4v) is 1.92. The predicted octanol–water partition coefficient (Wildman–Crippen LogP) is 3.55. The van der Waals surface area contributed by atoms with Crippen molar-refractivity contribution in [2.75, 3.05) is 5.32 Å². The van der Waals surface area contributed by atoms with Gasteiger partial charge in [0.25, 0.3) is 0 Å². The van der Waals surface area contributed by atoms with Crippen LogP contribution in [0.1, 0.15) is 5.56 Å². The van der Waals surface area contributed by atoms with Crippen LogP contribution in [0.3, 0.4) is 0 Å². The second-order valence-electron chi connectivity index (χ2n) is 3.17. The highest BCUT2D eigenvalue weighted by Crippen LogP contribution is 2.20. The second-order valence-corrected chi connectivity index (χ2v) is 4.72. The fourth-order valence-electron chi connectivity index (χ4n) is 1.23. The first kappa shape index (κ1) is 12.5. The summed E-state index contributed by atoms with van der Waals surface area (Å²) in [6.45, 7) is 0.566. The lowest BCUT2D eigenvalue weighted by molar-refractivity contribution is 0.958. The molecule has 0 radical (unpaired) electrons. The van der Waals surface area contributed by atoms with Crippen LogP contribution in [0.15, 0.2) is 28.7 Å². The van der Waals surface area contributed by atoms with Crippen LogP contribution in [0.5, 0.6) is 0 Å². The monoisotopic (exact) mass is 332 g/mol. The van der Waals surface area contributed by atoms with Crippen LogP contribution in [0.25, 0.3) is 0 Å². The summed E-state index contributed by atoms with van der Waals surface area (Å²) in [4.78, 5) is 3.95. The van der Waals surface area contributed by atoms with E-state index in [4.69, 9.17) is 23.2 Å². The average molecular weight is 334 g/mol. The lowest BCUT2D eigenvalue weighted by atomic mass is 10.2. The molecule has 0 amide bonds. The maximum atomic E-state index is 5.83. The molecule has 0 bridgehead atoms. The van der Waals surface area contributed by atoms with Crippen LogP contribution in [0.4, 0.5) is 5.82 Å². The third-order valence-corrected chi connectivity index (χ3v) is 3.21. The molecule has 88 valence electrons. The molecule has 0 spiro atoms. The second kappa shape index (κ2) is 5.62. The van der Waals surface area contributed by atoms with E-state index in [0.29, 0.717) is 12.4 Å². The third kappa shape index (κ3) is 3.28. The van der Waals surface area contributed by atoms with Gasteiger partial charge in [0.1, 0.15) is 0 Å². The van der Waals surface area contributed by atoms with Crippen molar-refractivity contribution >= 4 is 44.9 Å². The number of aromatic nitrogens is 3. The summed E-state index contributed by atoms with van der Waals surface area (Å²) in [5.74, 6) is 0.419. The highest BCUT2D eigenvalue weighted by atomic mass is 79.9. The van der Waals surface area contributed by atoms with E-state index >= 15 is 0 Å². The normalized spacial score (nSPS) is 10.3. The summed E-state index contributed by atoms with van der Waals surface area (Å²) in [6.07, 6.45) is 0. The molecule has 2 rings (SSSR count). The van der Waals surface area contributed by atoms with E-state index < -0.39 is 0 Å². The molecule has 1 heterocycles. The highest BCUT2D eigenvalue weighted by molar-refractivity contribution is 9.10. The molecule has 0 atom stereocenters. The molecular formula is C10H7BrCl2N4. The van der Waals surface area contributed by atoms with E-state index in [1.165, 1.54) is 0 Å². The largest absolute Gasteiger partial charge is 0.363 e. The number of nitrogens with one attached hydrogen (secondary N) is 1. The van der Waals surface area contributed by atoms with Gasteiger partial charge in [-0.2, -0.15) is 4.98 Å². The molecule has 0 saturated carbocycles. The molecule has 0 saturated heterocycles. The summed E-state index contributed by atoms with van der Waals surface area (Å²) in [6, 6.07) is 7.85. The van der Waals surface area contributed by atoms with Crippen LogP contribution in [-0.2, 0) is 6.54 Å². The smallest absolute Gasteiger partial charge is 0.245 e. The van der Waals surface area contributed by atoms with Crippen molar-refractivity contribution in [1.82, 2.24) is 15.2 Å². The third-order valence-electron chi connectivity index (χ3n) is 2.02. The zero-order chi connectivity index (χ0) is 12.3. The number of hydrogen-bond acceptors (Lipinski definition) is 4. The first-order valence-corrected chi connectivity index (χ1v) is 6.24. The highest BCUT2D eigenvalue weighted by Gasteiger charge is 2.06. The summed E-state index contributed by atoms with van der Waals surface area (Å²) in [7, 11) is 0. The van der Waals surface area contributed by atoms with Crippen LogP contribution in [0, 0.1) is 0 Å². The Morgan fingerprint density at radius 3 is 2.71 bits per heavy atom. The molecule has 7 heteroatoms. The van der Waals surface area contributed by atoms with Gasteiger partial charge >= 0.3 is 0 Å². The van der Waals surface area contributed by atoms with E-state index in [2.05, 4.69) is 36.4 Å². The Bertz CT molecular complexity index is 535. The molecule has 1 N–H and O–H groups in total. The topological polar surface area (TPSA) is 50.7 Å². The summed E-state index contributed by atoms with van der Waals surface area (Å²) in [5.41, 5.74) is 1.08. The Hall–Kier alpha value is -0.910. The van der Waals surface area contributed by atoms with Crippen molar-refractivity contribution in [2.45, 2.75) is 6.54 Å². The molecule has 0 aliphatic rings. The van der Waals surface area contributed by atoms with Gasteiger partial charge in [0, 0.05) is 11.0 Å². The van der Waals surface area contributed by atoms with Gasteiger partial charge < -0.3 is 5.32 Å². The first-order valence-electron chi connectivity index (χ1n) is 4.70.